The van der Waals surface area contributed by atoms with Gasteiger partial charge in [0.25, 0.3) is 12.1 Å². The van der Waals surface area contributed by atoms with Crippen molar-refractivity contribution in [3.8, 4) is 0 Å². The summed E-state index contributed by atoms with van der Waals surface area (Å²) in [6.45, 7) is 1.27. The lowest BCUT2D eigenvalue weighted by Gasteiger charge is -2.06. The minimum absolute atomic E-state index is 0.133. The highest BCUT2D eigenvalue weighted by Gasteiger charge is 2.18. The highest BCUT2D eigenvalue weighted by Crippen LogP contribution is 2.27. The van der Waals surface area contributed by atoms with E-state index in [0.29, 0.717) is 0 Å². The van der Waals surface area contributed by atoms with E-state index in [1.165, 1.54) is 13.0 Å². The van der Waals surface area contributed by atoms with E-state index in [1.807, 2.05) is 0 Å². The van der Waals surface area contributed by atoms with Crippen LogP contribution in [0.4, 0.5) is 14.5 Å². The molecule has 0 atom stereocenters. The van der Waals surface area contributed by atoms with Gasteiger partial charge >= 0.3 is 0 Å². The first-order valence-corrected chi connectivity index (χ1v) is 4.46. The quantitative estimate of drug-likeness (QED) is 0.589. The Hall–Kier alpha value is -1.85. The number of alkyl halides is 2. The van der Waals surface area contributed by atoms with E-state index in [-0.39, 0.29) is 17.8 Å². The topological polar surface area (TPSA) is 60.2 Å². The molecule has 0 spiro atoms. The summed E-state index contributed by atoms with van der Waals surface area (Å²) in [5.74, 6) is -0.268. The van der Waals surface area contributed by atoms with Crippen molar-refractivity contribution in [1.82, 2.24) is 0 Å². The molecule has 1 aromatic rings. The van der Waals surface area contributed by atoms with Gasteiger partial charge in [-0.2, -0.15) is 0 Å². The molecule has 0 aliphatic heterocycles. The van der Waals surface area contributed by atoms with E-state index in [1.54, 1.807) is 0 Å². The van der Waals surface area contributed by atoms with Crippen molar-refractivity contribution in [1.29, 1.82) is 0 Å². The van der Waals surface area contributed by atoms with Gasteiger partial charge in [0.05, 0.1) is 4.92 Å². The molecule has 0 fully saturated rings. The maximum atomic E-state index is 12.6. The monoisotopic (exact) mass is 229 g/mol. The smallest absolute Gasteiger partial charge is 0.269 e. The average molecular weight is 229 g/mol. The molecule has 0 bridgehead atoms. The minimum atomic E-state index is -2.82. The van der Waals surface area contributed by atoms with Crippen LogP contribution in [0.2, 0.25) is 0 Å². The number of halogens is 2. The fourth-order valence-electron chi connectivity index (χ4n) is 1.33. The molecule has 0 amide bonds. The molecule has 0 unspecified atom stereocenters. The van der Waals surface area contributed by atoms with Crippen molar-refractivity contribution in [2.75, 3.05) is 0 Å². The average Bonchev–Trinajstić information content (AvgIpc) is 2.16. The van der Waals surface area contributed by atoms with Crippen molar-refractivity contribution in [3.05, 3.63) is 39.4 Å². The van der Waals surface area contributed by atoms with Crippen LogP contribution >= 0.6 is 0 Å². The van der Waals surface area contributed by atoms with Gasteiger partial charge in [-0.3, -0.25) is 14.9 Å². The Morgan fingerprint density at radius 2 is 2.12 bits per heavy atom. The lowest BCUT2D eigenvalue weighted by molar-refractivity contribution is -0.385. The highest BCUT2D eigenvalue weighted by molar-refractivity contribution is 5.78. The van der Waals surface area contributed by atoms with Crippen molar-refractivity contribution in [2.45, 2.75) is 19.8 Å². The zero-order valence-electron chi connectivity index (χ0n) is 8.44. The first-order valence-electron chi connectivity index (χ1n) is 4.46. The van der Waals surface area contributed by atoms with Gasteiger partial charge in [-0.1, -0.05) is 6.07 Å². The van der Waals surface area contributed by atoms with Crippen LogP contribution in [0, 0.1) is 10.1 Å². The summed E-state index contributed by atoms with van der Waals surface area (Å²) in [5, 5.41) is 10.4. The van der Waals surface area contributed by atoms with E-state index in [0.717, 1.165) is 12.1 Å². The molecule has 0 saturated heterocycles. The molecule has 16 heavy (non-hydrogen) atoms. The van der Waals surface area contributed by atoms with Crippen molar-refractivity contribution in [2.24, 2.45) is 0 Å². The van der Waals surface area contributed by atoms with Crippen molar-refractivity contribution >= 4 is 11.5 Å². The lowest BCUT2D eigenvalue weighted by Crippen LogP contribution is -2.02. The lowest BCUT2D eigenvalue weighted by atomic mass is 10.0. The molecule has 1 rings (SSSR count). The maximum Gasteiger partial charge on any atom is 0.269 e. The van der Waals surface area contributed by atoms with Crippen LogP contribution in [-0.4, -0.2) is 10.7 Å². The van der Waals surface area contributed by atoms with Crippen LogP contribution in [-0.2, 0) is 11.2 Å². The number of nitro groups is 1. The van der Waals surface area contributed by atoms with Crippen molar-refractivity contribution < 1.29 is 18.5 Å². The second kappa shape index (κ2) is 4.78. The number of ketones is 1. The number of nitrogens with zero attached hydrogens (tertiary/aromatic N) is 1. The summed E-state index contributed by atoms with van der Waals surface area (Å²) in [6, 6.07) is 3.12. The zero-order valence-corrected chi connectivity index (χ0v) is 8.44. The van der Waals surface area contributed by atoms with E-state index in [4.69, 9.17) is 0 Å². The SMILES string of the molecule is CC(=O)Cc1ccc([N+](=O)[O-])cc1C(F)F. The molecule has 1 aromatic carbocycles. The Labute approximate surface area is 90.0 Å². The van der Waals surface area contributed by atoms with E-state index < -0.39 is 22.6 Å². The first kappa shape index (κ1) is 12.2. The Balaban J connectivity index is 3.19. The van der Waals surface area contributed by atoms with Gasteiger partial charge in [0, 0.05) is 24.1 Å². The molecule has 6 heteroatoms. The number of rotatable bonds is 4. The molecule has 0 heterocycles. The molecular formula is C10H9F2NO3. The number of hydrogen-bond acceptors (Lipinski definition) is 3. The fraction of sp³-hybridized carbons (Fsp3) is 0.300. The van der Waals surface area contributed by atoms with E-state index in [9.17, 15) is 23.7 Å². The number of Topliss-reactive ketones (excluding diaryl/α,β-unsaturated/α-hetero) is 1. The van der Waals surface area contributed by atoms with Gasteiger partial charge in [-0.25, -0.2) is 8.78 Å². The van der Waals surface area contributed by atoms with Gasteiger partial charge in [-0.05, 0) is 12.5 Å². The number of carbonyl (C=O) groups excluding carboxylic acids is 1. The second-order valence-corrected chi connectivity index (χ2v) is 3.32. The van der Waals surface area contributed by atoms with Gasteiger partial charge in [-0.15, -0.1) is 0 Å². The normalized spacial score (nSPS) is 10.5. The highest BCUT2D eigenvalue weighted by atomic mass is 19.3. The first-order chi connectivity index (χ1) is 7.41. The van der Waals surface area contributed by atoms with Gasteiger partial charge in [0.2, 0.25) is 0 Å². The Morgan fingerprint density at radius 3 is 2.56 bits per heavy atom. The van der Waals surface area contributed by atoms with Crippen LogP contribution < -0.4 is 0 Å². The Bertz CT molecular complexity index is 432. The molecule has 4 nitrogen and oxygen atoms in total. The summed E-state index contributed by atoms with van der Waals surface area (Å²) in [5.41, 5.74) is -0.722. The predicted molar refractivity (Wildman–Crippen MR) is 52.4 cm³/mol. The second-order valence-electron chi connectivity index (χ2n) is 3.32. The molecule has 0 aliphatic carbocycles. The molecule has 0 aromatic heterocycles. The van der Waals surface area contributed by atoms with Gasteiger partial charge in [0.1, 0.15) is 5.78 Å². The minimum Gasteiger partial charge on any atom is -0.300 e. The van der Waals surface area contributed by atoms with Crippen LogP contribution in [0.5, 0.6) is 0 Å². The largest absolute Gasteiger partial charge is 0.300 e. The number of hydrogen-bond donors (Lipinski definition) is 0. The van der Waals surface area contributed by atoms with Gasteiger partial charge < -0.3 is 0 Å². The molecule has 0 saturated carbocycles. The van der Waals surface area contributed by atoms with Crippen LogP contribution in [0.3, 0.4) is 0 Å². The summed E-state index contributed by atoms with van der Waals surface area (Å²) in [7, 11) is 0. The Kier molecular flexibility index (Phi) is 3.65. The maximum absolute atomic E-state index is 12.6. The number of benzene rings is 1. The van der Waals surface area contributed by atoms with E-state index in [2.05, 4.69) is 0 Å². The summed E-state index contributed by atoms with van der Waals surface area (Å²) in [6.07, 6.45) is -2.97. The number of carbonyl (C=O) groups is 1. The zero-order chi connectivity index (χ0) is 12.3. The predicted octanol–water partition coefficient (Wildman–Crippen LogP) is 2.66. The van der Waals surface area contributed by atoms with Crippen molar-refractivity contribution in [3.63, 3.8) is 0 Å². The molecule has 0 radical (unpaired) electrons. The third kappa shape index (κ3) is 2.82. The van der Waals surface area contributed by atoms with Crippen LogP contribution in [0.1, 0.15) is 24.5 Å². The fourth-order valence-corrected chi connectivity index (χ4v) is 1.33. The summed E-state index contributed by atoms with van der Waals surface area (Å²) >= 11 is 0. The molecule has 0 aliphatic rings. The van der Waals surface area contributed by atoms with Gasteiger partial charge in [0.15, 0.2) is 0 Å². The summed E-state index contributed by atoms with van der Waals surface area (Å²) < 4.78 is 25.2. The molecule has 86 valence electrons. The van der Waals surface area contributed by atoms with Crippen LogP contribution in [0.15, 0.2) is 18.2 Å². The molecular weight excluding hydrogens is 220 g/mol. The number of nitro benzene ring substituents is 1. The van der Waals surface area contributed by atoms with E-state index >= 15 is 0 Å². The third-order valence-electron chi connectivity index (χ3n) is 2.01. The molecule has 0 N–H and O–H groups in total. The third-order valence-corrected chi connectivity index (χ3v) is 2.01. The van der Waals surface area contributed by atoms with Crippen LogP contribution in [0.25, 0.3) is 0 Å². The Morgan fingerprint density at radius 1 is 1.50 bits per heavy atom. The number of non-ortho nitro benzene ring substituents is 1. The standard InChI is InChI=1S/C10H9F2NO3/c1-6(14)4-7-2-3-8(13(15)16)5-9(7)10(11)12/h2-3,5,10H,4H2,1H3. The summed E-state index contributed by atoms with van der Waals surface area (Å²) in [4.78, 5) is 20.5.